The minimum Gasteiger partial charge on any atom is -0.538 e. The van der Waals surface area contributed by atoms with E-state index in [0.29, 0.717) is 0 Å². The van der Waals surface area contributed by atoms with Crippen molar-refractivity contribution in [2.24, 2.45) is 0 Å². The van der Waals surface area contributed by atoms with Crippen LogP contribution in [0.2, 0.25) is 19.6 Å². The minimum absolute atomic E-state index is 0.827. The Bertz CT molecular complexity index is 344. The number of ether oxygens (including phenoxy) is 1. The van der Waals surface area contributed by atoms with Gasteiger partial charge in [0.05, 0.1) is 7.11 Å². The number of hydrogen-bond donors (Lipinski definition) is 0. The van der Waals surface area contributed by atoms with Gasteiger partial charge in [-0.15, -0.1) is 0 Å². The summed E-state index contributed by atoms with van der Waals surface area (Å²) in [6.45, 7) is 6.46. The molecule has 0 unspecified atom stereocenters. The Hall–Kier alpha value is -0.873. The Morgan fingerprint density at radius 3 is 2.31 bits per heavy atom. The summed E-state index contributed by atoms with van der Waals surface area (Å²) in [7, 11) is 0.0575. The lowest BCUT2D eigenvalue weighted by molar-refractivity contribution is 0.314. The van der Waals surface area contributed by atoms with E-state index in [9.17, 15) is 0 Å². The first-order chi connectivity index (χ1) is 7.51. The highest BCUT2D eigenvalue weighted by Gasteiger charge is 2.18. The second kappa shape index (κ2) is 6.01. The van der Waals surface area contributed by atoms with Gasteiger partial charge in [0.2, 0.25) is 8.32 Å². The molecule has 0 N–H and O–H groups in total. The van der Waals surface area contributed by atoms with Crippen molar-refractivity contribution in [2.75, 3.05) is 7.11 Å². The van der Waals surface area contributed by atoms with Gasteiger partial charge >= 0.3 is 0 Å². The quantitative estimate of drug-likeness (QED) is 0.448. The lowest BCUT2D eigenvalue weighted by Gasteiger charge is -2.20. The SMILES string of the molecule is CO/C=C(\O[Si](C)(C)C)Sc1ccccc1. The zero-order valence-electron chi connectivity index (χ0n) is 10.2. The molecule has 16 heavy (non-hydrogen) atoms. The summed E-state index contributed by atoms with van der Waals surface area (Å²) in [5.74, 6) is 0. The normalized spacial score (nSPS) is 12.4. The Morgan fingerprint density at radius 2 is 1.81 bits per heavy atom. The van der Waals surface area contributed by atoms with E-state index < -0.39 is 8.32 Å². The molecule has 0 aliphatic carbocycles. The zero-order chi connectivity index (χ0) is 12.0. The number of benzene rings is 1. The van der Waals surface area contributed by atoms with E-state index in [0.717, 1.165) is 9.99 Å². The van der Waals surface area contributed by atoms with Crippen molar-refractivity contribution < 1.29 is 9.16 Å². The molecule has 1 aromatic carbocycles. The molecule has 4 heteroatoms. The highest BCUT2D eigenvalue weighted by molar-refractivity contribution is 8.03. The van der Waals surface area contributed by atoms with Crippen LogP contribution in [0.25, 0.3) is 0 Å². The molecule has 0 atom stereocenters. The smallest absolute Gasteiger partial charge is 0.243 e. The van der Waals surface area contributed by atoms with Gasteiger partial charge < -0.3 is 9.16 Å². The molecular weight excluding hydrogens is 236 g/mol. The van der Waals surface area contributed by atoms with Crippen LogP contribution in [0.4, 0.5) is 0 Å². The fraction of sp³-hybridized carbons (Fsp3) is 0.333. The van der Waals surface area contributed by atoms with Crippen molar-refractivity contribution in [3.8, 4) is 0 Å². The maximum atomic E-state index is 5.92. The Balaban J connectivity index is 2.70. The lowest BCUT2D eigenvalue weighted by Crippen LogP contribution is -2.24. The third kappa shape index (κ3) is 5.28. The highest BCUT2D eigenvalue weighted by atomic mass is 32.2. The molecule has 0 bridgehead atoms. The third-order valence-electron chi connectivity index (χ3n) is 1.58. The molecule has 0 saturated heterocycles. The van der Waals surface area contributed by atoms with Gasteiger partial charge in [-0.05, 0) is 31.8 Å². The van der Waals surface area contributed by atoms with Crippen LogP contribution in [0.5, 0.6) is 0 Å². The van der Waals surface area contributed by atoms with E-state index in [1.165, 1.54) is 0 Å². The highest BCUT2D eigenvalue weighted by Crippen LogP contribution is 2.29. The molecule has 88 valence electrons. The van der Waals surface area contributed by atoms with Crippen molar-refractivity contribution in [2.45, 2.75) is 24.5 Å². The summed E-state index contributed by atoms with van der Waals surface area (Å²) in [4.78, 5) is 1.16. The summed E-state index contributed by atoms with van der Waals surface area (Å²) in [6, 6.07) is 10.1. The molecular formula is C12H18O2SSi. The van der Waals surface area contributed by atoms with Crippen LogP contribution < -0.4 is 0 Å². The molecule has 0 aliphatic heterocycles. The molecule has 0 heterocycles. The molecule has 0 aliphatic rings. The lowest BCUT2D eigenvalue weighted by atomic mass is 10.4. The average Bonchev–Trinajstić information content (AvgIpc) is 2.17. The van der Waals surface area contributed by atoms with Crippen LogP contribution in [0.15, 0.2) is 46.6 Å². The van der Waals surface area contributed by atoms with E-state index >= 15 is 0 Å². The monoisotopic (exact) mass is 254 g/mol. The summed E-state index contributed by atoms with van der Waals surface area (Å²) in [5.41, 5.74) is 0. The Labute approximate surface area is 103 Å². The summed E-state index contributed by atoms with van der Waals surface area (Å²) >= 11 is 1.59. The first-order valence-corrected chi connectivity index (χ1v) is 9.38. The standard InChI is InChI=1S/C12H18O2SSi/c1-13-10-12(14-16(2,3)4)15-11-8-6-5-7-9-11/h5-10H,1-4H3/b12-10+. The third-order valence-corrected chi connectivity index (χ3v) is 3.45. The maximum absolute atomic E-state index is 5.92. The van der Waals surface area contributed by atoms with Crippen molar-refractivity contribution in [1.29, 1.82) is 0 Å². The molecule has 0 saturated carbocycles. The first kappa shape index (κ1) is 13.2. The van der Waals surface area contributed by atoms with Gasteiger partial charge in [-0.2, -0.15) is 0 Å². The first-order valence-electron chi connectivity index (χ1n) is 5.16. The van der Waals surface area contributed by atoms with Crippen LogP contribution in [0.1, 0.15) is 0 Å². The zero-order valence-corrected chi connectivity index (χ0v) is 12.0. The average molecular weight is 254 g/mol. The van der Waals surface area contributed by atoms with E-state index in [1.807, 2.05) is 18.2 Å². The number of hydrogen-bond acceptors (Lipinski definition) is 3. The second-order valence-corrected chi connectivity index (χ2v) is 9.81. The van der Waals surface area contributed by atoms with E-state index in [1.54, 1.807) is 25.1 Å². The largest absolute Gasteiger partial charge is 0.538 e. The predicted molar refractivity (Wildman–Crippen MR) is 71.8 cm³/mol. The van der Waals surface area contributed by atoms with E-state index in [2.05, 4.69) is 31.8 Å². The van der Waals surface area contributed by atoms with Gasteiger partial charge in [-0.3, -0.25) is 0 Å². The molecule has 1 aromatic rings. The van der Waals surface area contributed by atoms with E-state index in [-0.39, 0.29) is 0 Å². The molecule has 0 radical (unpaired) electrons. The van der Waals surface area contributed by atoms with E-state index in [4.69, 9.17) is 9.16 Å². The minimum atomic E-state index is -1.58. The fourth-order valence-electron chi connectivity index (χ4n) is 1.07. The van der Waals surface area contributed by atoms with Crippen molar-refractivity contribution in [3.05, 3.63) is 41.7 Å². The van der Waals surface area contributed by atoms with Crippen LogP contribution in [0.3, 0.4) is 0 Å². The molecule has 0 amide bonds. The Kier molecular flexibility index (Phi) is 4.95. The predicted octanol–water partition coefficient (Wildman–Crippen LogP) is 4.08. The van der Waals surface area contributed by atoms with Crippen LogP contribution >= 0.6 is 11.8 Å². The molecule has 0 spiro atoms. The topological polar surface area (TPSA) is 18.5 Å². The van der Waals surface area contributed by atoms with Gasteiger partial charge in [0.25, 0.3) is 0 Å². The van der Waals surface area contributed by atoms with Crippen LogP contribution in [0, 0.1) is 0 Å². The molecule has 2 nitrogen and oxygen atoms in total. The second-order valence-electron chi connectivity index (χ2n) is 4.30. The van der Waals surface area contributed by atoms with Crippen LogP contribution in [-0.2, 0) is 9.16 Å². The molecule has 0 fully saturated rings. The number of methoxy groups -OCH3 is 1. The van der Waals surface area contributed by atoms with Gasteiger partial charge in [0.1, 0.15) is 6.26 Å². The van der Waals surface area contributed by atoms with Crippen molar-refractivity contribution >= 4 is 20.1 Å². The maximum Gasteiger partial charge on any atom is 0.243 e. The number of thioether (sulfide) groups is 1. The fourth-order valence-corrected chi connectivity index (χ4v) is 3.31. The summed E-state index contributed by atoms with van der Waals surface area (Å²) < 4.78 is 11.0. The number of rotatable bonds is 5. The summed E-state index contributed by atoms with van der Waals surface area (Å²) in [5, 5.41) is 0.827. The van der Waals surface area contributed by atoms with Crippen LogP contribution in [-0.4, -0.2) is 15.4 Å². The molecule has 0 aromatic heterocycles. The van der Waals surface area contributed by atoms with Crippen molar-refractivity contribution in [3.63, 3.8) is 0 Å². The molecule has 1 rings (SSSR count). The Morgan fingerprint density at radius 1 is 1.19 bits per heavy atom. The van der Waals surface area contributed by atoms with Gasteiger partial charge in [-0.25, -0.2) is 0 Å². The van der Waals surface area contributed by atoms with Gasteiger partial charge in [0, 0.05) is 4.90 Å². The van der Waals surface area contributed by atoms with Gasteiger partial charge in [-0.1, -0.05) is 30.0 Å². The summed E-state index contributed by atoms with van der Waals surface area (Å²) in [6.07, 6.45) is 1.66. The van der Waals surface area contributed by atoms with Crippen molar-refractivity contribution in [1.82, 2.24) is 0 Å². The van der Waals surface area contributed by atoms with Gasteiger partial charge in [0.15, 0.2) is 5.09 Å².